The van der Waals surface area contributed by atoms with Crippen LogP contribution in [0.2, 0.25) is 0 Å². The third-order valence-corrected chi connectivity index (χ3v) is 6.21. The fourth-order valence-electron chi connectivity index (χ4n) is 4.94. The summed E-state index contributed by atoms with van der Waals surface area (Å²) >= 11 is 0. The van der Waals surface area contributed by atoms with Crippen molar-refractivity contribution < 1.29 is 4.79 Å². The minimum Gasteiger partial charge on any atom is -0.340 e. The summed E-state index contributed by atoms with van der Waals surface area (Å²) in [6.07, 6.45) is 10.4. The summed E-state index contributed by atoms with van der Waals surface area (Å²) < 4.78 is 0. The lowest BCUT2D eigenvalue weighted by Gasteiger charge is -2.38. The van der Waals surface area contributed by atoms with Crippen molar-refractivity contribution in [2.75, 3.05) is 38.1 Å². The molecule has 0 saturated carbocycles. The highest BCUT2D eigenvalue weighted by molar-refractivity contribution is 5.80. The number of hydrogen-bond donors (Lipinski definition) is 0. The monoisotopic (exact) mass is 343 g/mol. The summed E-state index contributed by atoms with van der Waals surface area (Å²) in [5, 5.41) is 0. The maximum atomic E-state index is 13.3. The molecule has 0 aliphatic carbocycles. The molecule has 25 heavy (non-hydrogen) atoms. The van der Waals surface area contributed by atoms with Gasteiger partial charge in [-0.05, 0) is 58.2 Å². The van der Waals surface area contributed by atoms with E-state index >= 15 is 0 Å². The Morgan fingerprint density at radius 1 is 1.00 bits per heavy atom. The molecule has 1 amide bonds. The molecule has 6 heteroatoms. The van der Waals surface area contributed by atoms with Crippen molar-refractivity contribution in [2.45, 2.75) is 50.6 Å². The van der Waals surface area contributed by atoms with E-state index in [1.165, 1.54) is 25.8 Å². The topological polar surface area (TPSA) is 52.6 Å². The van der Waals surface area contributed by atoms with Crippen LogP contribution in [0.3, 0.4) is 0 Å². The molecule has 6 nitrogen and oxygen atoms in total. The van der Waals surface area contributed by atoms with E-state index in [0.717, 1.165) is 44.8 Å². The van der Waals surface area contributed by atoms with Crippen LogP contribution >= 0.6 is 0 Å². The van der Waals surface area contributed by atoms with Gasteiger partial charge in [-0.15, -0.1) is 0 Å². The predicted octanol–water partition coefficient (Wildman–Crippen LogP) is 1.78. The zero-order chi connectivity index (χ0) is 17.2. The Kier molecular flexibility index (Phi) is 4.88. The van der Waals surface area contributed by atoms with Crippen molar-refractivity contribution in [1.29, 1.82) is 0 Å². The number of piperidine rings is 1. The lowest BCUT2D eigenvalue weighted by atomic mass is 9.95. The molecular weight excluding hydrogens is 314 g/mol. The predicted molar refractivity (Wildman–Crippen MR) is 97.4 cm³/mol. The number of aromatic nitrogens is 2. The van der Waals surface area contributed by atoms with Crippen LogP contribution in [-0.4, -0.2) is 71.0 Å². The summed E-state index contributed by atoms with van der Waals surface area (Å²) in [5.74, 6) is 1.21. The number of amides is 1. The van der Waals surface area contributed by atoms with E-state index in [2.05, 4.69) is 31.7 Å². The Hall–Kier alpha value is -1.69. The van der Waals surface area contributed by atoms with Gasteiger partial charge < -0.3 is 14.7 Å². The minimum atomic E-state index is 0.0878. The first kappa shape index (κ1) is 16.8. The van der Waals surface area contributed by atoms with Gasteiger partial charge in [0.05, 0.1) is 5.92 Å². The Balaban J connectivity index is 1.44. The van der Waals surface area contributed by atoms with Gasteiger partial charge in [-0.25, -0.2) is 9.97 Å². The van der Waals surface area contributed by atoms with E-state index in [-0.39, 0.29) is 5.92 Å². The van der Waals surface area contributed by atoms with Crippen molar-refractivity contribution >= 4 is 11.9 Å². The van der Waals surface area contributed by atoms with Crippen LogP contribution < -0.4 is 4.90 Å². The molecule has 0 bridgehead atoms. The van der Waals surface area contributed by atoms with E-state index in [9.17, 15) is 4.79 Å². The number of likely N-dealkylation sites (tertiary alicyclic amines) is 2. The van der Waals surface area contributed by atoms with Crippen molar-refractivity contribution in [3.63, 3.8) is 0 Å². The van der Waals surface area contributed by atoms with E-state index < -0.39 is 0 Å². The molecule has 3 saturated heterocycles. The Morgan fingerprint density at radius 3 is 2.48 bits per heavy atom. The van der Waals surface area contributed by atoms with Gasteiger partial charge in [0.25, 0.3) is 0 Å². The zero-order valence-electron chi connectivity index (χ0n) is 15.2. The van der Waals surface area contributed by atoms with Gasteiger partial charge >= 0.3 is 0 Å². The smallest absolute Gasteiger partial charge is 0.227 e. The second-order valence-electron chi connectivity index (χ2n) is 7.77. The highest BCUT2D eigenvalue weighted by Gasteiger charge is 2.41. The highest BCUT2D eigenvalue weighted by atomic mass is 16.2. The van der Waals surface area contributed by atoms with Crippen LogP contribution in [0, 0.1) is 5.92 Å². The maximum Gasteiger partial charge on any atom is 0.227 e. The lowest BCUT2D eigenvalue weighted by molar-refractivity contribution is -0.137. The van der Waals surface area contributed by atoms with E-state index in [4.69, 9.17) is 0 Å². The number of hydrogen-bond acceptors (Lipinski definition) is 5. The van der Waals surface area contributed by atoms with Gasteiger partial charge in [0.1, 0.15) is 0 Å². The van der Waals surface area contributed by atoms with Gasteiger partial charge in [0, 0.05) is 44.1 Å². The number of nitrogens with zero attached hydrogens (tertiary/aromatic N) is 5. The summed E-state index contributed by atoms with van der Waals surface area (Å²) in [7, 11) is 2.22. The molecular formula is C19H29N5O. The third kappa shape index (κ3) is 3.36. The largest absolute Gasteiger partial charge is 0.340 e. The third-order valence-electron chi connectivity index (χ3n) is 6.21. The summed E-state index contributed by atoms with van der Waals surface area (Å²) in [6, 6.07) is 2.81. The highest BCUT2D eigenvalue weighted by Crippen LogP contribution is 2.31. The van der Waals surface area contributed by atoms with E-state index in [0.29, 0.717) is 18.0 Å². The standard InChI is InChI=1S/C19H29N5O/c1-22-11-3-7-16(22)17-8-4-13-24(17)18(25)15-6-2-12-23(14-15)19-20-9-5-10-21-19/h5,9-10,15-17H,2-4,6-8,11-14H2,1H3/t15-,16+,17+/m0/s1. The number of carbonyl (C=O) groups excluding carboxylic acids is 1. The molecule has 0 radical (unpaired) electrons. The van der Waals surface area contributed by atoms with E-state index in [1.54, 1.807) is 12.4 Å². The van der Waals surface area contributed by atoms with E-state index in [1.807, 2.05) is 6.07 Å². The van der Waals surface area contributed by atoms with Crippen molar-refractivity contribution in [3.8, 4) is 0 Å². The first-order chi connectivity index (χ1) is 12.2. The first-order valence-corrected chi connectivity index (χ1v) is 9.77. The average molecular weight is 343 g/mol. The molecule has 4 heterocycles. The number of rotatable bonds is 3. The molecule has 4 rings (SSSR count). The van der Waals surface area contributed by atoms with Gasteiger partial charge in [0.15, 0.2) is 0 Å². The Morgan fingerprint density at radius 2 is 1.72 bits per heavy atom. The molecule has 1 aromatic rings. The molecule has 3 aliphatic heterocycles. The van der Waals surface area contributed by atoms with Crippen LogP contribution in [0.25, 0.3) is 0 Å². The molecule has 0 N–H and O–H groups in total. The lowest BCUT2D eigenvalue weighted by Crippen LogP contribution is -2.51. The van der Waals surface area contributed by atoms with Gasteiger partial charge in [-0.2, -0.15) is 0 Å². The molecule has 136 valence electrons. The fraction of sp³-hybridized carbons (Fsp3) is 0.737. The van der Waals surface area contributed by atoms with Gasteiger partial charge in [-0.3, -0.25) is 4.79 Å². The van der Waals surface area contributed by atoms with Crippen LogP contribution in [0.1, 0.15) is 38.5 Å². The molecule has 0 unspecified atom stereocenters. The van der Waals surface area contributed by atoms with Crippen LogP contribution in [0.15, 0.2) is 18.5 Å². The first-order valence-electron chi connectivity index (χ1n) is 9.77. The van der Waals surface area contributed by atoms with Gasteiger partial charge in [-0.1, -0.05) is 0 Å². The van der Waals surface area contributed by atoms with Crippen LogP contribution in [-0.2, 0) is 4.79 Å². The summed E-state index contributed by atoms with van der Waals surface area (Å²) in [6.45, 7) is 3.81. The quantitative estimate of drug-likeness (QED) is 0.837. The Bertz CT molecular complexity index is 595. The van der Waals surface area contributed by atoms with Crippen molar-refractivity contribution in [1.82, 2.24) is 19.8 Å². The number of anilines is 1. The maximum absolute atomic E-state index is 13.3. The van der Waals surface area contributed by atoms with Crippen molar-refractivity contribution in [2.24, 2.45) is 5.92 Å². The molecule has 1 aromatic heterocycles. The average Bonchev–Trinajstić information content (AvgIpc) is 3.30. The van der Waals surface area contributed by atoms with Crippen LogP contribution in [0.4, 0.5) is 5.95 Å². The van der Waals surface area contributed by atoms with Crippen molar-refractivity contribution in [3.05, 3.63) is 18.5 Å². The van der Waals surface area contributed by atoms with Gasteiger partial charge in [0.2, 0.25) is 11.9 Å². The molecule has 0 aromatic carbocycles. The number of likely N-dealkylation sites (N-methyl/N-ethyl adjacent to an activating group) is 1. The SMILES string of the molecule is CN1CCC[C@@H]1[C@H]1CCCN1C(=O)[C@H]1CCCN(c2ncccn2)C1. The summed E-state index contributed by atoms with van der Waals surface area (Å²) in [4.78, 5) is 28.9. The van der Waals surface area contributed by atoms with Crippen LogP contribution in [0.5, 0.6) is 0 Å². The zero-order valence-corrected chi connectivity index (χ0v) is 15.2. The second kappa shape index (κ2) is 7.28. The number of carbonyl (C=O) groups is 1. The molecule has 3 atom stereocenters. The fourth-order valence-corrected chi connectivity index (χ4v) is 4.94. The minimum absolute atomic E-state index is 0.0878. The normalized spacial score (nSPS) is 30.8. The summed E-state index contributed by atoms with van der Waals surface area (Å²) in [5.41, 5.74) is 0. The molecule has 3 aliphatic rings. The molecule has 3 fully saturated rings. The second-order valence-corrected chi connectivity index (χ2v) is 7.77. The molecule has 0 spiro atoms. The Labute approximate surface area is 150 Å².